The number of rotatable bonds is 11. The molecule has 9 nitrogen and oxygen atoms in total. The third-order valence-electron chi connectivity index (χ3n) is 6.98. The number of fused-ring (bicyclic) bond motifs is 1. The molecule has 0 saturated heterocycles. The van der Waals surface area contributed by atoms with Crippen molar-refractivity contribution < 1.29 is 33.4 Å². The number of hydrogen-bond donors (Lipinski definition) is 2. The van der Waals surface area contributed by atoms with Crippen molar-refractivity contribution in [2.24, 2.45) is 0 Å². The van der Waals surface area contributed by atoms with E-state index in [9.17, 15) is 19.5 Å². The molecule has 0 aliphatic heterocycles. The van der Waals surface area contributed by atoms with Crippen LogP contribution in [0, 0.1) is 0 Å². The summed E-state index contributed by atoms with van der Waals surface area (Å²) in [6, 6.07) is 14.9. The van der Waals surface area contributed by atoms with Gasteiger partial charge in [-0.2, -0.15) is 5.16 Å². The molecular formula is C31H31NO8. The Morgan fingerprint density at radius 3 is 2.65 bits per heavy atom. The number of ketones is 1. The van der Waals surface area contributed by atoms with Crippen LogP contribution in [0.1, 0.15) is 66.1 Å². The molecule has 0 spiro atoms. The van der Waals surface area contributed by atoms with Gasteiger partial charge in [-0.3, -0.25) is 14.4 Å². The Kier molecular flexibility index (Phi) is 8.19. The van der Waals surface area contributed by atoms with Crippen LogP contribution >= 0.6 is 0 Å². The molecule has 1 saturated carbocycles. The number of benzene rings is 3. The summed E-state index contributed by atoms with van der Waals surface area (Å²) >= 11 is 0. The van der Waals surface area contributed by atoms with Gasteiger partial charge in [-0.05, 0) is 92.6 Å². The smallest absolute Gasteiger partial charge is 0.306 e. The minimum atomic E-state index is -0.359. The van der Waals surface area contributed by atoms with Crippen molar-refractivity contribution in [1.82, 2.24) is 5.16 Å². The number of nitrogens with one attached hydrogen (secondary N) is 1. The Morgan fingerprint density at radius 2 is 1.88 bits per heavy atom. The van der Waals surface area contributed by atoms with E-state index in [1.54, 1.807) is 55.5 Å². The Bertz CT molecular complexity index is 1580. The van der Waals surface area contributed by atoms with E-state index in [2.05, 4.69) is 5.16 Å². The number of aromatic hydroxyl groups is 1. The molecule has 4 aromatic rings. The Balaban J connectivity index is 1.35. The molecule has 2 N–H and O–H groups in total. The van der Waals surface area contributed by atoms with Gasteiger partial charge in [-0.1, -0.05) is 6.07 Å². The van der Waals surface area contributed by atoms with Crippen LogP contribution in [-0.2, 0) is 22.6 Å². The maximum absolute atomic E-state index is 13.4. The number of aromatic amines is 1. The molecule has 5 rings (SSSR count). The highest BCUT2D eigenvalue weighted by atomic mass is 16.5. The van der Waals surface area contributed by atoms with Crippen LogP contribution in [-0.4, -0.2) is 34.7 Å². The van der Waals surface area contributed by atoms with E-state index in [0.717, 1.165) is 31.2 Å². The lowest BCUT2D eigenvalue weighted by atomic mass is 9.98. The zero-order valence-electron chi connectivity index (χ0n) is 22.2. The zero-order valence-corrected chi connectivity index (χ0v) is 22.2. The fraction of sp³-hybridized carbons (Fsp3) is 0.323. The zero-order chi connectivity index (χ0) is 28.1. The minimum absolute atomic E-state index is 0.112. The molecule has 0 unspecified atom stereocenters. The summed E-state index contributed by atoms with van der Waals surface area (Å²) in [6.07, 6.45) is 4.78. The van der Waals surface area contributed by atoms with Crippen LogP contribution in [0.4, 0.5) is 0 Å². The van der Waals surface area contributed by atoms with Gasteiger partial charge in [0.15, 0.2) is 11.4 Å². The van der Waals surface area contributed by atoms with Gasteiger partial charge < -0.3 is 23.8 Å². The standard InChI is InChI=1S/C31H31NO8/c1-2-37-29(34)14-9-20-16-21(30(35)24-12-10-23(17-26(24)33)39-22-5-3-4-6-22)8-13-27(20)38-18-19-7-11-25-28(15-19)40-32-31(25)36/h7-8,10-13,15-17,22,33H,2-6,9,14,18H2,1H3,(H,32,36). The molecule has 3 aromatic carbocycles. The number of hydrogen-bond acceptors (Lipinski definition) is 8. The molecule has 1 aliphatic carbocycles. The average Bonchev–Trinajstić information content (AvgIpc) is 3.60. The third-order valence-corrected chi connectivity index (χ3v) is 6.98. The number of aromatic nitrogens is 1. The number of H-pyrrole nitrogens is 1. The number of esters is 1. The number of carbonyl (C=O) groups is 2. The van der Waals surface area contributed by atoms with Gasteiger partial charge in [0.05, 0.1) is 23.7 Å². The number of ether oxygens (including phenoxy) is 3. The fourth-order valence-electron chi connectivity index (χ4n) is 4.90. The van der Waals surface area contributed by atoms with Crippen molar-refractivity contribution in [1.29, 1.82) is 0 Å². The second kappa shape index (κ2) is 12.1. The average molecular weight is 546 g/mol. The third kappa shape index (κ3) is 6.20. The molecule has 40 heavy (non-hydrogen) atoms. The summed E-state index contributed by atoms with van der Waals surface area (Å²) in [5, 5.41) is 13.4. The fourth-order valence-corrected chi connectivity index (χ4v) is 4.90. The van der Waals surface area contributed by atoms with Crippen molar-refractivity contribution >= 4 is 22.7 Å². The van der Waals surface area contributed by atoms with Crippen LogP contribution < -0.4 is 15.0 Å². The van der Waals surface area contributed by atoms with Crippen LogP contribution in [0.15, 0.2) is 63.9 Å². The van der Waals surface area contributed by atoms with Gasteiger partial charge >= 0.3 is 5.97 Å². The lowest BCUT2D eigenvalue weighted by Gasteiger charge is -2.15. The van der Waals surface area contributed by atoms with Crippen molar-refractivity contribution in [3.05, 3.63) is 87.2 Å². The first-order valence-corrected chi connectivity index (χ1v) is 13.5. The van der Waals surface area contributed by atoms with E-state index in [-0.39, 0.29) is 54.4 Å². The van der Waals surface area contributed by atoms with Gasteiger partial charge in [-0.25, -0.2) is 0 Å². The predicted molar refractivity (Wildman–Crippen MR) is 147 cm³/mol. The van der Waals surface area contributed by atoms with Crippen LogP contribution in [0.5, 0.6) is 17.2 Å². The van der Waals surface area contributed by atoms with Crippen LogP contribution in [0.2, 0.25) is 0 Å². The molecule has 1 heterocycles. The van der Waals surface area contributed by atoms with Gasteiger partial charge in [-0.15, -0.1) is 0 Å². The monoisotopic (exact) mass is 545 g/mol. The van der Waals surface area contributed by atoms with E-state index < -0.39 is 0 Å². The van der Waals surface area contributed by atoms with Gasteiger partial charge in [0.2, 0.25) is 0 Å². The molecule has 9 heteroatoms. The molecule has 0 amide bonds. The van der Waals surface area contributed by atoms with Crippen molar-refractivity contribution in [2.75, 3.05) is 6.61 Å². The molecule has 0 bridgehead atoms. The summed E-state index contributed by atoms with van der Waals surface area (Å²) in [4.78, 5) is 37.1. The topological polar surface area (TPSA) is 128 Å². The molecule has 1 aliphatic rings. The number of aryl methyl sites for hydroxylation is 1. The van der Waals surface area contributed by atoms with Crippen LogP contribution in [0.25, 0.3) is 11.0 Å². The second-order valence-electron chi connectivity index (χ2n) is 9.81. The number of phenolic OH excluding ortho intramolecular Hbond substituents is 1. The van der Waals surface area contributed by atoms with E-state index >= 15 is 0 Å². The first kappa shape index (κ1) is 27.1. The molecule has 1 aromatic heterocycles. The SMILES string of the molecule is CCOC(=O)CCc1cc(C(=O)c2ccc(OC3CCCC3)cc2O)ccc1OCc1ccc2c(=O)[nH]oc2c1. The first-order chi connectivity index (χ1) is 19.4. The summed E-state index contributed by atoms with van der Waals surface area (Å²) < 4.78 is 22.2. The Hall–Kier alpha value is -4.53. The van der Waals surface area contributed by atoms with E-state index in [4.69, 9.17) is 18.7 Å². The van der Waals surface area contributed by atoms with Crippen molar-refractivity contribution in [2.45, 2.75) is 58.2 Å². The Labute approximate surface area is 230 Å². The maximum Gasteiger partial charge on any atom is 0.306 e. The summed E-state index contributed by atoms with van der Waals surface area (Å²) in [5.74, 6) is 0.175. The quantitative estimate of drug-likeness (QED) is 0.188. The highest BCUT2D eigenvalue weighted by molar-refractivity contribution is 6.11. The highest BCUT2D eigenvalue weighted by Gasteiger charge is 2.20. The van der Waals surface area contributed by atoms with Gasteiger partial charge in [0.25, 0.3) is 5.56 Å². The lowest BCUT2D eigenvalue weighted by Crippen LogP contribution is -2.11. The second-order valence-corrected chi connectivity index (χ2v) is 9.81. The summed E-state index contributed by atoms with van der Waals surface area (Å²) in [5.41, 5.74) is 2.05. The molecular weight excluding hydrogens is 514 g/mol. The maximum atomic E-state index is 13.4. The lowest BCUT2D eigenvalue weighted by molar-refractivity contribution is -0.143. The van der Waals surface area contributed by atoms with Gasteiger partial charge in [0.1, 0.15) is 23.9 Å². The van der Waals surface area contributed by atoms with Gasteiger partial charge in [0, 0.05) is 18.1 Å². The van der Waals surface area contributed by atoms with Crippen molar-refractivity contribution in [3.63, 3.8) is 0 Å². The highest BCUT2D eigenvalue weighted by Crippen LogP contribution is 2.31. The van der Waals surface area contributed by atoms with Crippen molar-refractivity contribution in [3.8, 4) is 17.2 Å². The van der Waals surface area contributed by atoms with E-state index in [1.165, 1.54) is 6.07 Å². The summed E-state index contributed by atoms with van der Waals surface area (Å²) in [6.45, 7) is 2.19. The number of carbonyl (C=O) groups excluding carboxylic acids is 2. The largest absolute Gasteiger partial charge is 0.507 e. The minimum Gasteiger partial charge on any atom is -0.507 e. The van der Waals surface area contributed by atoms with E-state index in [1.807, 2.05) is 0 Å². The molecule has 0 radical (unpaired) electrons. The molecule has 1 fully saturated rings. The first-order valence-electron chi connectivity index (χ1n) is 13.5. The Morgan fingerprint density at radius 1 is 1.05 bits per heavy atom. The van der Waals surface area contributed by atoms with E-state index in [0.29, 0.717) is 40.0 Å². The number of phenols is 1. The van der Waals surface area contributed by atoms with Crippen LogP contribution in [0.3, 0.4) is 0 Å². The normalized spacial score (nSPS) is 13.4. The molecule has 0 atom stereocenters. The predicted octanol–water partition coefficient (Wildman–Crippen LogP) is 5.45. The summed E-state index contributed by atoms with van der Waals surface area (Å²) in [7, 11) is 0. The molecule has 208 valence electrons.